The highest BCUT2D eigenvalue weighted by Gasteiger charge is 1.98. The van der Waals surface area contributed by atoms with Crippen molar-refractivity contribution in [2.75, 3.05) is 7.11 Å². The minimum absolute atomic E-state index is 0.0443. The van der Waals surface area contributed by atoms with Crippen LogP contribution in [0.4, 0.5) is 0 Å². The second-order valence-electron chi connectivity index (χ2n) is 2.75. The maximum absolute atomic E-state index is 11.3. The average molecular weight is 223 g/mol. The summed E-state index contributed by atoms with van der Waals surface area (Å²) in [5.74, 6) is -0.0443. The number of carbonyl (C=O) groups is 1. The molecule has 0 fully saturated rings. The molecule has 0 spiro atoms. The maximum atomic E-state index is 11.3. The lowest BCUT2D eigenvalue weighted by atomic mass is 10.4. The minimum Gasteiger partial charge on any atom is -0.505 e. The van der Waals surface area contributed by atoms with E-state index >= 15 is 0 Å². The zero-order valence-electron chi connectivity index (χ0n) is 8.47. The fraction of sp³-hybridized carbons (Fsp3) is 0.182. The van der Waals surface area contributed by atoms with Gasteiger partial charge < -0.3 is 4.74 Å². The first-order valence-electron chi connectivity index (χ1n) is 4.51. The van der Waals surface area contributed by atoms with Crippen molar-refractivity contribution < 1.29 is 9.53 Å². The van der Waals surface area contributed by atoms with Crippen LogP contribution in [0.3, 0.4) is 0 Å². The number of ether oxygens (including phenoxy) is 1. The molecule has 0 aromatic heterocycles. The highest BCUT2D eigenvalue weighted by atomic mass is 32.2. The van der Waals surface area contributed by atoms with Gasteiger partial charge in [0, 0.05) is 11.3 Å². The van der Waals surface area contributed by atoms with Crippen LogP contribution < -0.4 is 4.72 Å². The monoisotopic (exact) mass is 223 g/mol. The molecule has 0 unspecified atom stereocenters. The molecule has 3 nitrogen and oxygen atoms in total. The Morgan fingerprint density at radius 1 is 1.47 bits per heavy atom. The molecule has 1 rings (SSSR count). The van der Waals surface area contributed by atoms with E-state index in [2.05, 4.69) is 9.46 Å². The standard InChI is InChI=1S/C11H13NO2S/c1-14-9-5-8-11(13)12-15-10-6-3-2-4-7-10/h2-7,9H,8H2,1H3,(H,12,13)/b9-5+. The lowest BCUT2D eigenvalue weighted by Gasteiger charge is -2.01. The number of nitrogens with one attached hydrogen (secondary N) is 1. The molecule has 0 aliphatic heterocycles. The first-order chi connectivity index (χ1) is 7.33. The topological polar surface area (TPSA) is 38.3 Å². The zero-order valence-corrected chi connectivity index (χ0v) is 9.29. The van der Waals surface area contributed by atoms with Crippen molar-refractivity contribution in [2.24, 2.45) is 0 Å². The van der Waals surface area contributed by atoms with Crippen molar-refractivity contribution in [3.63, 3.8) is 0 Å². The van der Waals surface area contributed by atoms with Crippen LogP contribution in [0.1, 0.15) is 6.42 Å². The first kappa shape index (κ1) is 11.7. The number of methoxy groups -OCH3 is 1. The molecule has 0 radical (unpaired) electrons. The maximum Gasteiger partial charge on any atom is 0.234 e. The molecule has 0 aliphatic rings. The Balaban J connectivity index is 2.26. The van der Waals surface area contributed by atoms with E-state index in [0.717, 1.165) is 4.90 Å². The second-order valence-corrected chi connectivity index (χ2v) is 3.63. The largest absolute Gasteiger partial charge is 0.505 e. The summed E-state index contributed by atoms with van der Waals surface area (Å²) in [5, 5.41) is 0. The molecule has 1 amide bonds. The molecule has 0 heterocycles. The number of carbonyl (C=O) groups excluding carboxylic acids is 1. The molecule has 0 saturated carbocycles. The number of hydrogen-bond acceptors (Lipinski definition) is 3. The third-order valence-electron chi connectivity index (χ3n) is 1.56. The summed E-state index contributed by atoms with van der Waals surface area (Å²) in [6.07, 6.45) is 3.49. The van der Waals surface area contributed by atoms with Crippen molar-refractivity contribution in [2.45, 2.75) is 11.3 Å². The van der Waals surface area contributed by atoms with Gasteiger partial charge in [-0.25, -0.2) is 0 Å². The van der Waals surface area contributed by atoms with Crippen molar-refractivity contribution in [3.05, 3.63) is 42.7 Å². The number of benzene rings is 1. The van der Waals surface area contributed by atoms with Crippen LogP contribution in [0.25, 0.3) is 0 Å². The van der Waals surface area contributed by atoms with Crippen molar-refractivity contribution in [1.29, 1.82) is 0 Å². The molecule has 0 bridgehead atoms. The van der Waals surface area contributed by atoms with Crippen molar-refractivity contribution in [3.8, 4) is 0 Å². The van der Waals surface area contributed by atoms with E-state index in [1.807, 2.05) is 30.3 Å². The van der Waals surface area contributed by atoms with Gasteiger partial charge in [-0.15, -0.1) is 0 Å². The summed E-state index contributed by atoms with van der Waals surface area (Å²) in [4.78, 5) is 12.3. The Bertz CT molecular complexity index is 325. The number of hydrogen-bond donors (Lipinski definition) is 1. The Morgan fingerprint density at radius 3 is 2.87 bits per heavy atom. The highest BCUT2D eigenvalue weighted by molar-refractivity contribution is 7.98. The summed E-state index contributed by atoms with van der Waals surface area (Å²) >= 11 is 1.31. The molecule has 1 aromatic carbocycles. The minimum atomic E-state index is -0.0443. The lowest BCUT2D eigenvalue weighted by Crippen LogP contribution is -2.13. The van der Waals surface area contributed by atoms with Crippen LogP contribution in [0, 0.1) is 0 Å². The van der Waals surface area contributed by atoms with Crippen LogP contribution in [0.15, 0.2) is 47.6 Å². The third-order valence-corrected chi connectivity index (χ3v) is 2.40. The number of amides is 1. The summed E-state index contributed by atoms with van der Waals surface area (Å²) in [7, 11) is 1.55. The van der Waals surface area contributed by atoms with E-state index in [1.165, 1.54) is 18.2 Å². The summed E-state index contributed by atoms with van der Waals surface area (Å²) in [5.41, 5.74) is 0. The number of rotatable bonds is 5. The van der Waals surface area contributed by atoms with Crippen LogP contribution in [0.5, 0.6) is 0 Å². The molecule has 80 valence electrons. The van der Waals surface area contributed by atoms with E-state index in [1.54, 1.807) is 13.2 Å². The Kier molecular flexibility index (Phi) is 5.40. The molecular formula is C11H13NO2S. The van der Waals surface area contributed by atoms with Crippen LogP contribution in [-0.4, -0.2) is 13.0 Å². The van der Waals surface area contributed by atoms with E-state index < -0.39 is 0 Å². The normalized spacial score (nSPS) is 10.2. The van der Waals surface area contributed by atoms with E-state index in [4.69, 9.17) is 0 Å². The van der Waals surface area contributed by atoms with E-state index in [-0.39, 0.29) is 5.91 Å². The predicted molar refractivity (Wildman–Crippen MR) is 61.2 cm³/mol. The fourth-order valence-electron chi connectivity index (χ4n) is 0.897. The zero-order chi connectivity index (χ0) is 10.9. The highest BCUT2D eigenvalue weighted by Crippen LogP contribution is 2.12. The molecule has 4 heteroatoms. The van der Waals surface area contributed by atoms with Crippen molar-refractivity contribution >= 4 is 17.9 Å². The van der Waals surface area contributed by atoms with Crippen LogP contribution >= 0.6 is 11.9 Å². The molecule has 0 atom stereocenters. The Labute approximate surface area is 93.6 Å². The Hall–Kier alpha value is -1.42. The van der Waals surface area contributed by atoms with Crippen molar-refractivity contribution in [1.82, 2.24) is 4.72 Å². The van der Waals surface area contributed by atoms with Gasteiger partial charge in [0.05, 0.1) is 13.4 Å². The van der Waals surface area contributed by atoms with Gasteiger partial charge in [0.1, 0.15) is 0 Å². The second kappa shape index (κ2) is 6.95. The summed E-state index contributed by atoms with van der Waals surface area (Å²) < 4.78 is 7.42. The van der Waals surface area contributed by atoms with Gasteiger partial charge in [-0.2, -0.15) is 0 Å². The molecular weight excluding hydrogens is 210 g/mol. The van der Waals surface area contributed by atoms with E-state index in [9.17, 15) is 4.79 Å². The Morgan fingerprint density at radius 2 is 2.20 bits per heavy atom. The van der Waals surface area contributed by atoms with Gasteiger partial charge in [0.2, 0.25) is 5.91 Å². The molecule has 1 N–H and O–H groups in total. The smallest absolute Gasteiger partial charge is 0.234 e. The van der Waals surface area contributed by atoms with Gasteiger partial charge in [-0.05, 0) is 30.2 Å². The fourth-order valence-corrected chi connectivity index (χ4v) is 1.51. The van der Waals surface area contributed by atoms with Gasteiger partial charge in [0.15, 0.2) is 0 Å². The summed E-state index contributed by atoms with van der Waals surface area (Å²) in [6, 6.07) is 9.68. The molecule has 0 aliphatic carbocycles. The lowest BCUT2D eigenvalue weighted by molar-refractivity contribution is -0.118. The molecule has 0 saturated heterocycles. The summed E-state index contributed by atoms with van der Waals surface area (Å²) in [6.45, 7) is 0. The van der Waals surface area contributed by atoms with E-state index in [0.29, 0.717) is 6.42 Å². The van der Waals surface area contributed by atoms with Gasteiger partial charge in [0.25, 0.3) is 0 Å². The van der Waals surface area contributed by atoms with Gasteiger partial charge >= 0.3 is 0 Å². The average Bonchev–Trinajstić information content (AvgIpc) is 2.28. The molecule has 1 aromatic rings. The van der Waals surface area contributed by atoms with Gasteiger partial charge in [-0.3, -0.25) is 9.52 Å². The van der Waals surface area contributed by atoms with Crippen LogP contribution in [0.2, 0.25) is 0 Å². The molecule has 15 heavy (non-hydrogen) atoms. The van der Waals surface area contributed by atoms with Crippen LogP contribution in [-0.2, 0) is 9.53 Å². The SMILES string of the molecule is CO/C=C/CC(=O)NSc1ccccc1. The first-order valence-corrected chi connectivity index (χ1v) is 5.33. The third kappa shape index (κ3) is 5.12. The van der Waals surface area contributed by atoms with Gasteiger partial charge in [-0.1, -0.05) is 18.2 Å². The predicted octanol–water partition coefficient (Wildman–Crippen LogP) is 2.36. The quantitative estimate of drug-likeness (QED) is 0.615.